The lowest BCUT2D eigenvalue weighted by molar-refractivity contribution is 0.590. The number of aromatic nitrogens is 7. The molecule has 14 rings (SSSR count). The zero-order valence-electron chi connectivity index (χ0n) is 36.4. The fourth-order valence-electron chi connectivity index (χ4n) is 10.2. The molecular formula is C59H39N7. The van der Waals surface area contributed by atoms with Gasteiger partial charge in [-0.3, -0.25) is 0 Å². The predicted octanol–water partition coefficient (Wildman–Crippen LogP) is 15.1. The van der Waals surface area contributed by atoms with E-state index in [0.29, 0.717) is 34.4 Å². The van der Waals surface area contributed by atoms with E-state index in [1.807, 2.05) is 0 Å². The van der Waals surface area contributed by atoms with E-state index < -0.39 is 0 Å². The van der Waals surface area contributed by atoms with E-state index in [2.05, 4.69) is 201 Å². The van der Waals surface area contributed by atoms with Gasteiger partial charge in [0.05, 0.1) is 11.2 Å². The Labute approximate surface area is 378 Å². The number of nitrogens with zero attached hydrogens (tertiary/aromatic N) is 5. The molecule has 66 heavy (non-hydrogen) atoms. The van der Waals surface area contributed by atoms with Crippen molar-refractivity contribution in [2.75, 3.05) is 0 Å². The van der Waals surface area contributed by atoms with E-state index in [9.17, 15) is 0 Å². The Hall–Kier alpha value is -8.55. The number of benzene rings is 9. The molecule has 2 aliphatic rings. The predicted molar refractivity (Wildman–Crippen MR) is 272 cm³/mol. The molecule has 2 N–H and O–H groups in total. The molecule has 7 heteroatoms. The van der Waals surface area contributed by atoms with Crippen molar-refractivity contribution in [1.29, 1.82) is 0 Å². The molecule has 8 bridgehead atoms. The molecule has 0 saturated carbocycles. The minimum absolute atomic E-state index is 0.0290. The fraction of sp³-hybridized carbons (Fsp3) is 0.0678. The first kappa shape index (κ1) is 36.9. The minimum atomic E-state index is -0.0290. The van der Waals surface area contributed by atoms with Gasteiger partial charge in [-0.1, -0.05) is 142 Å². The highest BCUT2D eigenvalue weighted by Gasteiger charge is 2.27. The maximum atomic E-state index is 5.65. The molecule has 9 aromatic carbocycles. The van der Waals surface area contributed by atoms with Gasteiger partial charge in [-0.25, -0.2) is 24.9 Å². The van der Waals surface area contributed by atoms with Gasteiger partial charge in [0.2, 0.25) is 0 Å². The van der Waals surface area contributed by atoms with Crippen LogP contribution in [-0.4, -0.2) is 34.9 Å². The highest BCUT2D eigenvalue weighted by Crippen LogP contribution is 2.46. The third-order valence-corrected chi connectivity index (χ3v) is 13.6. The highest BCUT2D eigenvalue weighted by atomic mass is 15.0. The van der Waals surface area contributed by atoms with Gasteiger partial charge in [0, 0.05) is 49.4 Å². The first-order valence-electron chi connectivity index (χ1n) is 22.5. The summed E-state index contributed by atoms with van der Waals surface area (Å²) in [4.78, 5) is 35.1. The van der Waals surface area contributed by atoms with Crippen LogP contribution in [0.1, 0.15) is 26.3 Å². The lowest BCUT2D eigenvalue weighted by Crippen LogP contribution is -2.10. The molecule has 0 unspecified atom stereocenters. The Morgan fingerprint density at radius 3 is 1.17 bits per heavy atom. The van der Waals surface area contributed by atoms with Crippen molar-refractivity contribution in [3.63, 3.8) is 0 Å². The second-order valence-corrected chi connectivity index (χ2v) is 18.7. The fourth-order valence-corrected chi connectivity index (χ4v) is 10.2. The monoisotopic (exact) mass is 845 g/mol. The van der Waals surface area contributed by atoms with Gasteiger partial charge >= 0.3 is 0 Å². The molecule has 0 radical (unpaired) electrons. The van der Waals surface area contributed by atoms with Crippen LogP contribution in [-0.2, 0) is 5.41 Å². The molecule has 5 heterocycles. The second-order valence-electron chi connectivity index (χ2n) is 18.7. The molecular weight excluding hydrogens is 807 g/mol. The molecule has 12 aromatic rings. The van der Waals surface area contributed by atoms with Crippen molar-refractivity contribution >= 4 is 87.1 Å². The van der Waals surface area contributed by atoms with Crippen LogP contribution in [0.3, 0.4) is 0 Å². The van der Waals surface area contributed by atoms with E-state index in [0.717, 1.165) is 109 Å². The summed E-state index contributed by atoms with van der Waals surface area (Å²) >= 11 is 0. The number of rotatable bonds is 1. The summed E-state index contributed by atoms with van der Waals surface area (Å²) in [6.07, 6.45) is 0. The summed E-state index contributed by atoms with van der Waals surface area (Å²) in [5, 5.41) is 12.9. The van der Waals surface area contributed by atoms with E-state index in [4.69, 9.17) is 24.9 Å². The first-order chi connectivity index (χ1) is 32.3. The van der Waals surface area contributed by atoms with E-state index >= 15 is 0 Å². The van der Waals surface area contributed by atoms with Crippen LogP contribution in [0.15, 0.2) is 170 Å². The SMILES string of the molecule is CC(C)(C)c1ccc(-c2c3nc(nc4[nH]c(nc5nc(nc6[nH]c2c2cc7ccccc7cc62)-c2cc6ccccc6cc2-5)c2cc5ccccc5cc42)-c2cc4ccccc4cc2-3)cc1. The summed E-state index contributed by atoms with van der Waals surface area (Å²) in [6.45, 7) is 6.77. The molecule has 0 amide bonds. The number of hydrogen-bond acceptors (Lipinski definition) is 5. The van der Waals surface area contributed by atoms with Crippen LogP contribution < -0.4 is 0 Å². The van der Waals surface area contributed by atoms with Gasteiger partial charge in [0.15, 0.2) is 17.5 Å². The zero-order valence-corrected chi connectivity index (χ0v) is 36.4. The average Bonchev–Trinajstić information content (AvgIpc) is 4.06. The van der Waals surface area contributed by atoms with Crippen molar-refractivity contribution in [2.24, 2.45) is 0 Å². The lowest BCUT2D eigenvalue weighted by Gasteiger charge is -2.19. The van der Waals surface area contributed by atoms with Gasteiger partial charge in [-0.15, -0.1) is 0 Å². The zero-order chi connectivity index (χ0) is 43.8. The lowest BCUT2D eigenvalue weighted by atomic mass is 9.86. The molecule has 0 saturated heterocycles. The van der Waals surface area contributed by atoms with Gasteiger partial charge in [-0.05, 0) is 108 Å². The summed E-state index contributed by atoms with van der Waals surface area (Å²) < 4.78 is 0. The van der Waals surface area contributed by atoms with Gasteiger partial charge in [0.1, 0.15) is 16.9 Å². The maximum absolute atomic E-state index is 5.65. The molecule has 0 aliphatic carbocycles. The summed E-state index contributed by atoms with van der Waals surface area (Å²) in [5.74, 6) is 1.81. The second kappa shape index (κ2) is 13.5. The van der Waals surface area contributed by atoms with Crippen molar-refractivity contribution in [1.82, 2.24) is 34.9 Å². The van der Waals surface area contributed by atoms with Crippen LogP contribution in [0.4, 0.5) is 0 Å². The Morgan fingerprint density at radius 1 is 0.348 bits per heavy atom. The van der Waals surface area contributed by atoms with E-state index in [-0.39, 0.29) is 5.41 Å². The standard InChI is InChI=1S/C59H39N7/c1-59(2,3)41-22-20-32(21-23-41)50-51-42-24-33-12-4-6-14-35(33)26-44(42)53(60-51)62-55-46-28-37-16-8-10-18-39(37)30-48(46)57(64-55)66-58-49-31-40-19-11-9-17-38(40)29-47(49)56(65-58)63-54-45-27-36-15-7-5-13-34(36)25-43(45)52(50)61-54/h4-31H,1-3H3,(H2,60,61,62,63,64,65,66). The molecule has 310 valence electrons. The third-order valence-electron chi connectivity index (χ3n) is 13.6. The Balaban J connectivity index is 1.23. The highest BCUT2D eigenvalue weighted by molar-refractivity contribution is 6.18. The number of nitrogens with one attached hydrogen (secondary N) is 2. The summed E-state index contributed by atoms with van der Waals surface area (Å²) in [5.41, 5.74) is 10.9. The Morgan fingerprint density at radius 2 is 0.712 bits per heavy atom. The number of fused-ring (bicyclic) bond motifs is 24. The van der Waals surface area contributed by atoms with E-state index in [1.165, 1.54) is 5.56 Å². The molecule has 7 nitrogen and oxygen atoms in total. The van der Waals surface area contributed by atoms with Gasteiger partial charge in [0.25, 0.3) is 0 Å². The smallest absolute Gasteiger partial charge is 0.164 e. The van der Waals surface area contributed by atoms with Gasteiger partial charge < -0.3 is 9.97 Å². The number of aromatic amines is 2. The van der Waals surface area contributed by atoms with Crippen molar-refractivity contribution in [3.8, 4) is 56.5 Å². The van der Waals surface area contributed by atoms with Gasteiger partial charge in [-0.2, -0.15) is 0 Å². The number of H-pyrrole nitrogens is 2. The van der Waals surface area contributed by atoms with Crippen molar-refractivity contribution < 1.29 is 0 Å². The largest absolute Gasteiger partial charge is 0.339 e. The summed E-state index contributed by atoms with van der Waals surface area (Å²) in [6, 6.07) is 60.8. The first-order valence-corrected chi connectivity index (χ1v) is 22.5. The topological polar surface area (TPSA) is 96.0 Å². The third kappa shape index (κ3) is 5.59. The van der Waals surface area contributed by atoms with Crippen LogP contribution in [0.2, 0.25) is 0 Å². The molecule has 2 aliphatic heterocycles. The maximum Gasteiger partial charge on any atom is 0.164 e. The molecule has 0 spiro atoms. The quantitative estimate of drug-likeness (QED) is 0.172. The van der Waals surface area contributed by atoms with Crippen LogP contribution in [0.5, 0.6) is 0 Å². The van der Waals surface area contributed by atoms with E-state index in [1.54, 1.807) is 0 Å². The number of hydrogen-bond donors (Lipinski definition) is 2. The molecule has 0 atom stereocenters. The average molecular weight is 846 g/mol. The molecule has 3 aromatic heterocycles. The minimum Gasteiger partial charge on any atom is -0.339 e. The summed E-state index contributed by atoms with van der Waals surface area (Å²) in [7, 11) is 0. The van der Waals surface area contributed by atoms with Crippen molar-refractivity contribution in [3.05, 3.63) is 175 Å². The Bertz CT molecular complexity index is 4270. The molecule has 0 fully saturated rings. The van der Waals surface area contributed by atoms with Crippen LogP contribution >= 0.6 is 0 Å². The van der Waals surface area contributed by atoms with Crippen LogP contribution in [0, 0.1) is 0 Å². The van der Waals surface area contributed by atoms with Crippen LogP contribution in [0.25, 0.3) is 144 Å². The van der Waals surface area contributed by atoms with Crippen molar-refractivity contribution in [2.45, 2.75) is 26.2 Å². The Kier molecular flexibility index (Phi) is 7.54. The normalized spacial score (nSPS) is 12.5.